The molecule has 1 unspecified atom stereocenters. The number of benzene rings is 3. The van der Waals surface area contributed by atoms with Gasteiger partial charge in [-0.2, -0.15) is 0 Å². The molecule has 0 radical (unpaired) electrons. The van der Waals surface area contributed by atoms with Crippen LogP contribution in [0.5, 0.6) is 0 Å². The first-order chi connectivity index (χ1) is 22.0. The van der Waals surface area contributed by atoms with Crippen molar-refractivity contribution in [1.29, 1.82) is 0 Å². The fourth-order valence-corrected chi connectivity index (χ4v) is 7.71. The zero-order valence-corrected chi connectivity index (χ0v) is 28.0. The zero-order chi connectivity index (χ0) is 32.4. The number of aliphatic hydroxyl groups is 1. The van der Waals surface area contributed by atoms with E-state index in [0.717, 1.165) is 71.8 Å². The van der Waals surface area contributed by atoms with Gasteiger partial charge < -0.3 is 19.2 Å². The van der Waals surface area contributed by atoms with E-state index in [4.69, 9.17) is 25.6 Å². The van der Waals surface area contributed by atoms with Gasteiger partial charge in [-0.15, -0.1) is 5.10 Å². The first-order valence-corrected chi connectivity index (χ1v) is 16.7. The predicted octanol–water partition coefficient (Wildman–Crippen LogP) is 5.66. The second-order valence-electron chi connectivity index (χ2n) is 14.1. The first-order valence-electron chi connectivity index (χ1n) is 16.3. The SMILES string of the molecule is Cn1nnc2c(Cl)c(C(CC(=O)OCc3cc(B4OC(C)(C)C(C)(C)O4)cc4c3CCC4)c3cc(CO)c4c(c3)CCC4)ccc21. The van der Waals surface area contributed by atoms with Crippen molar-refractivity contribution >= 4 is 41.2 Å². The van der Waals surface area contributed by atoms with E-state index >= 15 is 0 Å². The molecule has 1 saturated heterocycles. The van der Waals surface area contributed by atoms with Gasteiger partial charge in [0.05, 0.1) is 34.8 Å². The van der Waals surface area contributed by atoms with Crippen molar-refractivity contribution in [2.75, 3.05) is 0 Å². The molecule has 2 heterocycles. The van der Waals surface area contributed by atoms with Gasteiger partial charge in [0.1, 0.15) is 12.1 Å². The molecule has 3 aliphatic rings. The summed E-state index contributed by atoms with van der Waals surface area (Å²) in [6.07, 6.45) is 6.07. The Kier molecular flexibility index (Phi) is 8.03. The van der Waals surface area contributed by atoms with E-state index in [1.54, 1.807) is 4.68 Å². The number of rotatable bonds is 8. The van der Waals surface area contributed by atoms with Gasteiger partial charge in [-0.3, -0.25) is 4.79 Å². The smallest absolute Gasteiger partial charge is 0.461 e. The Bertz CT molecular complexity index is 1840. The quantitative estimate of drug-likeness (QED) is 0.196. The molecule has 3 aromatic carbocycles. The molecular formula is C36H41BClN3O5. The third kappa shape index (κ3) is 5.45. The van der Waals surface area contributed by atoms with E-state index in [0.29, 0.717) is 10.5 Å². The highest BCUT2D eigenvalue weighted by Gasteiger charge is 2.52. The Morgan fingerprint density at radius 2 is 1.67 bits per heavy atom. The van der Waals surface area contributed by atoms with Crippen molar-refractivity contribution < 1.29 is 23.9 Å². The lowest BCUT2D eigenvalue weighted by Gasteiger charge is -2.32. The summed E-state index contributed by atoms with van der Waals surface area (Å²) in [6, 6.07) is 12.4. The van der Waals surface area contributed by atoms with Crippen molar-refractivity contribution in [3.63, 3.8) is 0 Å². The van der Waals surface area contributed by atoms with Gasteiger partial charge in [0.2, 0.25) is 0 Å². The average Bonchev–Trinajstić information content (AvgIpc) is 3.81. The van der Waals surface area contributed by atoms with E-state index in [9.17, 15) is 9.90 Å². The summed E-state index contributed by atoms with van der Waals surface area (Å²) in [5.41, 5.74) is 10.1. The van der Waals surface area contributed by atoms with Crippen LogP contribution in [-0.4, -0.2) is 44.4 Å². The average molecular weight is 642 g/mol. The molecule has 240 valence electrons. The van der Waals surface area contributed by atoms with Crippen LogP contribution in [0.25, 0.3) is 11.0 Å². The summed E-state index contributed by atoms with van der Waals surface area (Å²) < 4.78 is 20.5. The number of esters is 1. The highest BCUT2D eigenvalue weighted by Crippen LogP contribution is 2.40. The number of ether oxygens (including phenoxy) is 1. The molecule has 1 fully saturated rings. The number of carbonyl (C=O) groups excluding carboxylic acids is 1. The summed E-state index contributed by atoms with van der Waals surface area (Å²) in [6.45, 7) is 8.34. The third-order valence-electron chi connectivity index (χ3n) is 10.6. The van der Waals surface area contributed by atoms with Crippen molar-refractivity contribution in [3.8, 4) is 0 Å². The molecular weight excluding hydrogens is 601 g/mol. The van der Waals surface area contributed by atoms with Gasteiger partial charge in [0.25, 0.3) is 0 Å². The number of aliphatic hydroxyl groups excluding tert-OH is 1. The molecule has 0 amide bonds. The Labute approximate surface area is 275 Å². The fraction of sp³-hybridized carbons (Fsp3) is 0.472. The van der Waals surface area contributed by atoms with Crippen LogP contribution in [-0.2, 0) is 64.8 Å². The number of fused-ring (bicyclic) bond motifs is 3. The van der Waals surface area contributed by atoms with Crippen LogP contribution >= 0.6 is 11.6 Å². The van der Waals surface area contributed by atoms with Gasteiger partial charge in [0.15, 0.2) is 0 Å². The maximum Gasteiger partial charge on any atom is 0.494 e. The topological polar surface area (TPSA) is 95.7 Å². The molecule has 8 nitrogen and oxygen atoms in total. The third-order valence-corrected chi connectivity index (χ3v) is 11.0. The molecule has 0 saturated carbocycles. The van der Waals surface area contributed by atoms with Crippen LogP contribution < -0.4 is 5.46 Å². The summed E-state index contributed by atoms with van der Waals surface area (Å²) >= 11 is 6.99. The zero-order valence-electron chi connectivity index (χ0n) is 27.3. The Hall–Kier alpha value is -3.24. The van der Waals surface area contributed by atoms with Gasteiger partial charge in [0, 0.05) is 13.0 Å². The lowest BCUT2D eigenvalue weighted by atomic mass is 9.76. The van der Waals surface area contributed by atoms with Gasteiger partial charge >= 0.3 is 13.1 Å². The van der Waals surface area contributed by atoms with E-state index in [2.05, 4.69) is 56.2 Å². The molecule has 1 aromatic heterocycles. The lowest BCUT2D eigenvalue weighted by Crippen LogP contribution is -2.41. The van der Waals surface area contributed by atoms with Crippen molar-refractivity contribution in [2.45, 2.75) is 103 Å². The molecule has 7 rings (SSSR count). The molecule has 4 aromatic rings. The van der Waals surface area contributed by atoms with Crippen molar-refractivity contribution in [3.05, 3.63) is 85.9 Å². The van der Waals surface area contributed by atoms with Crippen molar-refractivity contribution in [2.24, 2.45) is 7.05 Å². The monoisotopic (exact) mass is 641 g/mol. The minimum absolute atomic E-state index is 0.0471. The molecule has 1 N–H and O–H groups in total. The number of hydrogen-bond acceptors (Lipinski definition) is 7. The van der Waals surface area contributed by atoms with E-state index in [1.165, 1.54) is 22.3 Å². The first kappa shape index (κ1) is 31.4. The Morgan fingerprint density at radius 3 is 2.37 bits per heavy atom. The minimum atomic E-state index is -0.478. The molecule has 0 spiro atoms. The Morgan fingerprint density at radius 1 is 1.00 bits per heavy atom. The van der Waals surface area contributed by atoms with E-state index in [1.807, 2.05) is 25.2 Å². The second-order valence-corrected chi connectivity index (χ2v) is 14.4. The highest BCUT2D eigenvalue weighted by atomic mass is 35.5. The van der Waals surface area contributed by atoms with Crippen LogP contribution in [0.2, 0.25) is 5.02 Å². The maximum atomic E-state index is 13.8. The minimum Gasteiger partial charge on any atom is -0.461 e. The molecule has 2 aliphatic carbocycles. The largest absolute Gasteiger partial charge is 0.494 e. The van der Waals surface area contributed by atoms with Crippen LogP contribution in [0.3, 0.4) is 0 Å². The number of aromatic nitrogens is 3. The normalized spacial score (nSPS) is 18.6. The number of nitrogens with zero attached hydrogens (tertiary/aromatic N) is 3. The lowest BCUT2D eigenvalue weighted by molar-refractivity contribution is -0.145. The number of halogens is 1. The number of hydrogen-bond donors (Lipinski definition) is 1. The second kappa shape index (κ2) is 11.8. The molecule has 0 bridgehead atoms. The van der Waals surface area contributed by atoms with Crippen LogP contribution in [0.15, 0.2) is 36.4 Å². The molecule has 1 atom stereocenters. The molecule has 46 heavy (non-hydrogen) atoms. The molecule has 10 heteroatoms. The number of aryl methyl sites for hydroxylation is 3. The summed E-state index contributed by atoms with van der Waals surface area (Å²) in [4.78, 5) is 13.8. The summed E-state index contributed by atoms with van der Waals surface area (Å²) in [7, 11) is 1.35. The standard InChI is InChI=1S/C36H41BClN3O5/c1-35(2)36(3,4)46-37(45-35)26-16-22-9-7-11-28(22)25(17-26)20-44-32(43)18-30(23-14-21-8-6-10-27(21)24(15-23)19-42)29-12-13-31-34(33(29)38)39-40-41(31)5/h12-17,30,42H,6-11,18-20H2,1-5H3. The molecule has 1 aliphatic heterocycles. The van der Waals surface area contributed by atoms with Crippen molar-refractivity contribution in [1.82, 2.24) is 15.0 Å². The number of carbonyl (C=O) groups is 1. The fourth-order valence-electron chi connectivity index (χ4n) is 7.38. The maximum absolute atomic E-state index is 13.8. The van der Waals surface area contributed by atoms with Gasteiger partial charge in [-0.1, -0.05) is 47.1 Å². The Balaban J connectivity index is 1.18. The van der Waals surface area contributed by atoms with Crippen LogP contribution in [0.4, 0.5) is 0 Å². The van der Waals surface area contributed by atoms with Gasteiger partial charge in [-0.25, -0.2) is 4.68 Å². The van der Waals surface area contributed by atoms with E-state index < -0.39 is 18.3 Å². The van der Waals surface area contributed by atoms with Gasteiger partial charge in [-0.05, 0) is 122 Å². The van der Waals surface area contributed by atoms with E-state index in [-0.39, 0.29) is 31.5 Å². The summed E-state index contributed by atoms with van der Waals surface area (Å²) in [5, 5.41) is 19.2. The van der Waals surface area contributed by atoms with Crippen LogP contribution in [0.1, 0.15) is 97.4 Å². The highest BCUT2D eigenvalue weighted by molar-refractivity contribution is 6.62. The summed E-state index contributed by atoms with van der Waals surface area (Å²) in [5.74, 6) is -0.705. The van der Waals surface area contributed by atoms with Crippen LogP contribution in [0, 0.1) is 0 Å². The predicted molar refractivity (Wildman–Crippen MR) is 178 cm³/mol.